The van der Waals surface area contributed by atoms with E-state index in [9.17, 15) is 4.79 Å². The van der Waals surface area contributed by atoms with Crippen LogP contribution < -0.4 is 15.4 Å². The third kappa shape index (κ3) is 2.46. The van der Waals surface area contributed by atoms with Crippen molar-refractivity contribution in [2.45, 2.75) is 12.5 Å². The van der Waals surface area contributed by atoms with Crippen molar-refractivity contribution in [3.8, 4) is 5.75 Å². The molecule has 2 aliphatic rings. The first-order chi connectivity index (χ1) is 9.78. The van der Waals surface area contributed by atoms with Gasteiger partial charge in [0.25, 0.3) is 5.91 Å². The molecule has 2 aliphatic heterocycles. The van der Waals surface area contributed by atoms with E-state index in [-0.39, 0.29) is 11.9 Å². The number of nitrogens with zero attached hydrogens (tertiary/aromatic N) is 1. The van der Waals surface area contributed by atoms with Gasteiger partial charge in [0.1, 0.15) is 11.8 Å². The van der Waals surface area contributed by atoms with Gasteiger partial charge in [-0.2, -0.15) is 0 Å². The molecule has 0 aromatic heterocycles. The normalized spacial score (nSPS) is 22.4. The Morgan fingerprint density at radius 3 is 3.25 bits per heavy atom. The number of aliphatic imine (C=N–C) groups is 1. The summed E-state index contributed by atoms with van der Waals surface area (Å²) in [7, 11) is 1.62. The zero-order chi connectivity index (χ0) is 13.9. The predicted octanol–water partition coefficient (Wildman–Crippen LogP) is 0.384. The lowest BCUT2D eigenvalue weighted by Crippen LogP contribution is -2.26. The van der Waals surface area contributed by atoms with Crippen LogP contribution in [0.25, 0.3) is 0 Å². The van der Waals surface area contributed by atoms with Gasteiger partial charge in [0.2, 0.25) is 0 Å². The molecule has 3 rings (SSSR count). The van der Waals surface area contributed by atoms with E-state index in [1.54, 1.807) is 7.11 Å². The molecule has 0 radical (unpaired) electrons. The van der Waals surface area contributed by atoms with Crippen LogP contribution in [0.3, 0.4) is 0 Å². The molecule has 1 fully saturated rings. The number of rotatable bonds is 4. The minimum absolute atomic E-state index is 0.0833. The largest absolute Gasteiger partial charge is 0.493 e. The van der Waals surface area contributed by atoms with Gasteiger partial charge in [-0.25, -0.2) is 0 Å². The Labute approximate surface area is 117 Å². The summed E-state index contributed by atoms with van der Waals surface area (Å²) in [4.78, 5) is 16.2. The number of amides is 1. The van der Waals surface area contributed by atoms with E-state index < -0.39 is 0 Å². The van der Waals surface area contributed by atoms with E-state index in [0.717, 1.165) is 23.3 Å². The topological polar surface area (TPSA) is 72.0 Å². The second-order valence-corrected chi connectivity index (χ2v) is 4.76. The maximum absolute atomic E-state index is 12.0. The van der Waals surface area contributed by atoms with E-state index in [1.165, 1.54) is 0 Å². The standard InChI is InChI=1S/C14H17N3O3/c1-19-7-5-15-14-16-12(13(18)17-14)10-2-3-11-9(8-10)4-6-20-11/h2-3,8,12H,4-7H2,1H3,(H2,15,16,17,18). The smallest absolute Gasteiger partial charge is 0.253 e. The zero-order valence-corrected chi connectivity index (χ0v) is 11.3. The van der Waals surface area contributed by atoms with Crippen molar-refractivity contribution in [1.82, 2.24) is 10.6 Å². The molecular weight excluding hydrogens is 258 g/mol. The van der Waals surface area contributed by atoms with E-state index in [4.69, 9.17) is 9.47 Å². The molecule has 1 atom stereocenters. The first-order valence-corrected chi connectivity index (χ1v) is 6.64. The average molecular weight is 275 g/mol. The second kappa shape index (κ2) is 5.50. The molecule has 20 heavy (non-hydrogen) atoms. The average Bonchev–Trinajstić information content (AvgIpc) is 3.04. The number of hydrogen-bond donors (Lipinski definition) is 2. The lowest BCUT2D eigenvalue weighted by atomic mass is 10.0. The maximum Gasteiger partial charge on any atom is 0.253 e. The van der Waals surface area contributed by atoms with Gasteiger partial charge in [-0.15, -0.1) is 0 Å². The van der Waals surface area contributed by atoms with Crippen molar-refractivity contribution in [3.63, 3.8) is 0 Å². The van der Waals surface area contributed by atoms with Gasteiger partial charge >= 0.3 is 0 Å². The Morgan fingerprint density at radius 2 is 2.40 bits per heavy atom. The highest BCUT2D eigenvalue weighted by Crippen LogP contribution is 2.28. The molecule has 1 amide bonds. The van der Waals surface area contributed by atoms with E-state index >= 15 is 0 Å². The summed E-state index contributed by atoms with van der Waals surface area (Å²) in [5.74, 6) is 1.34. The fourth-order valence-electron chi connectivity index (χ4n) is 2.38. The van der Waals surface area contributed by atoms with Crippen LogP contribution in [0.5, 0.6) is 5.75 Å². The van der Waals surface area contributed by atoms with Crippen molar-refractivity contribution in [2.24, 2.45) is 4.99 Å². The summed E-state index contributed by atoms with van der Waals surface area (Å²) in [6.07, 6.45) is 0.895. The molecule has 1 aromatic carbocycles. The molecule has 0 bridgehead atoms. The van der Waals surface area contributed by atoms with Gasteiger partial charge < -0.3 is 14.8 Å². The number of carbonyl (C=O) groups is 1. The van der Waals surface area contributed by atoms with E-state index in [0.29, 0.717) is 25.7 Å². The molecule has 2 N–H and O–H groups in total. The Bertz CT molecular complexity index is 557. The van der Waals surface area contributed by atoms with Gasteiger partial charge in [0.05, 0.1) is 19.8 Å². The lowest BCUT2D eigenvalue weighted by molar-refractivity contribution is -0.120. The quantitative estimate of drug-likeness (QED) is 0.780. The van der Waals surface area contributed by atoms with Gasteiger partial charge in [0.15, 0.2) is 5.96 Å². The summed E-state index contributed by atoms with van der Waals surface area (Å²) in [6.45, 7) is 1.76. The SMILES string of the molecule is COCCN=C1NC(=O)C(c2ccc3c(c2)CCO3)N1. The summed E-state index contributed by atoms with van der Waals surface area (Å²) >= 11 is 0. The van der Waals surface area contributed by atoms with Crippen molar-refractivity contribution in [2.75, 3.05) is 26.9 Å². The summed E-state index contributed by atoms with van der Waals surface area (Å²) in [5.41, 5.74) is 2.09. The first kappa shape index (κ1) is 12.9. The third-order valence-corrected chi connectivity index (χ3v) is 3.40. The Morgan fingerprint density at radius 1 is 1.50 bits per heavy atom. The zero-order valence-electron chi connectivity index (χ0n) is 11.3. The number of benzene rings is 1. The number of fused-ring (bicyclic) bond motifs is 1. The number of ether oxygens (including phenoxy) is 2. The molecule has 106 valence electrons. The van der Waals surface area contributed by atoms with Crippen molar-refractivity contribution in [1.29, 1.82) is 0 Å². The van der Waals surface area contributed by atoms with Crippen LogP contribution >= 0.6 is 0 Å². The van der Waals surface area contributed by atoms with Gasteiger partial charge in [-0.05, 0) is 23.3 Å². The highest BCUT2D eigenvalue weighted by Gasteiger charge is 2.30. The number of methoxy groups -OCH3 is 1. The van der Waals surface area contributed by atoms with E-state index in [1.807, 2.05) is 18.2 Å². The van der Waals surface area contributed by atoms with Crippen LogP contribution in [0.4, 0.5) is 0 Å². The van der Waals surface area contributed by atoms with Crippen LogP contribution in [0, 0.1) is 0 Å². The van der Waals surface area contributed by atoms with Crippen molar-refractivity contribution >= 4 is 11.9 Å². The highest BCUT2D eigenvalue weighted by atomic mass is 16.5. The van der Waals surface area contributed by atoms with Crippen LogP contribution in [-0.4, -0.2) is 38.7 Å². The van der Waals surface area contributed by atoms with E-state index in [2.05, 4.69) is 15.6 Å². The molecule has 0 spiro atoms. The van der Waals surface area contributed by atoms with Gasteiger partial charge in [-0.3, -0.25) is 15.1 Å². The molecular formula is C14H17N3O3. The Kier molecular flexibility index (Phi) is 3.56. The fraction of sp³-hybridized carbons (Fsp3) is 0.429. The number of guanidine groups is 1. The monoisotopic (exact) mass is 275 g/mol. The molecule has 0 aliphatic carbocycles. The van der Waals surface area contributed by atoms with Crippen LogP contribution in [0.2, 0.25) is 0 Å². The number of carbonyl (C=O) groups excluding carboxylic acids is 1. The predicted molar refractivity (Wildman–Crippen MR) is 73.8 cm³/mol. The second-order valence-electron chi connectivity index (χ2n) is 4.76. The maximum atomic E-state index is 12.0. The van der Waals surface area contributed by atoms with Crippen LogP contribution in [0.1, 0.15) is 17.2 Å². The molecule has 1 aromatic rings. The van der Waals surface area contributed by atoms with Crippen LogP contribution in [-0.2, 0) is 16.0 Å². The van der Waals surface area contributed by atoms with Gasteiger partial charge in [-0.1, -0.05) is 6.07 Å². The van der Waals surface area contributed by atoms with Crippen molar-refractivity contribution in [3.05, 3.63) is 29.3 Å². The first-order valence-electron chi connectivity index (χ1n) is 6.64. The number of nitrogens with one attached hydrogen (secondary N) is 2. The number of hydrogen-bond acceptors (Lipinski definition) is 4. The van der Waals surface area contributed by atoms with Gasteiger partial charge in [0, 0.05) is 13.5 Å². The Balaban J connectivity index is 1.74. The molecule has 1 saturated heterocycles. The minimum atomic E-state index is -0.387. The highest BCUT2D eigenvalue weighted by molar-refractivity contribution is 6.06. The Hall–Kier alpha value is -2.08. The third-order valence-electron chi connectivity index (χ3n) is 3.40. The van der Waals surface area contributed by atoms with Crippen molar-refractivity contribution < 1.29 is 14.3 Å². The molecule has 0 saturated carbocycles. The lowest BCUT2D eigenvalue weighted by Gasteiger charge is -2.09. The molecule has 6 heteroatoms. The minimum Gasteiger partial charge on any atom is -0.493 e. The molecule has 1 unspecified atom stereocenters. The summed E-state index contributed by atoms with van der Waals surface area (Å²) in [6, 6.07) is 5.48. The fourth-order valence-corrected chi connectivity index (χ4v) is 2.38. The van der Waals surface area contributed by atoms with Crippen LogP contribution in [0.15, 0.2) is 23.2 Å². The summed E-state index contributed by atoms with van der Waals surface area (Å²) in [5, 5.41) is 5.84. The summed E-state index contributed by atoms with van der Waals surface area (Å²) < 4.78 is 10.4. The molecule has 6 nitrogen and oxygen atoms in total. The molecule has 2 heterocycles.